The smallest absolute Gasteiger partial charge is 0.190 e. The molecular formula is C35H24F2N2O2S. The van der Waals surface area contributed by atoms with Gasteiger partial charge in [-0.05, 0) is 65.7 Å². The quantitative estimate of drug-likeness (QED) is 0.201. The number of pyridine rings is 1. The van der Waals surface area contributed by atoms with Crippen LogP contribution in [0.2, 0.25) is 0 Å². The minimum absolute atomic E-state index is 0.0696. The maximum absolute atomic E-state index is 13.9. The molecule has 0 spiro atoms. The molecular weight excluding hydrogens is 550 g/mol. The molecule has 4 nitrogen and oxygen atoms in total. The number of fused-ring (bicyclic) bond motifs is 4. The van der Waals surface area contributed by atoms with Crippen molar-refractivity contribution < 1.29 is 18.4 Å². The van der Waals surface area contributed by atoms with E-state index in [4.69, 9.17) is 4.98 Å². The molecule has 0 bridgehead atoms. The van der Waals surface area contributed by atoms with Gasteiger partial charge in [-0.15, -0.1) is 11.3 Å². The van der Waals surface area contributed by atoms with Gasteiger partial charge in [0.2, 0.25) is 0 Å². The first-order valence-electron chi connectivity index (χ1n) is 13.6. The highest BCUT2D eigenvalue weighted by Crippen LogP contribution is 2.53. The number of Topliss-reactive ketones (excluding diaryl/α,β-unsaturated/α-hetero) is 2. The van der Waals surface area contributed by atoms with E-state index in [-0.39, 0.29) is 28.5 Å². The lowest BCUT2D eigenvalue weighted by molar-refractivity contribution is 0.0935. The number of halogens is 2. The minimum atomic E-state index is -1.15. The van der Waals surface area contributed by atoms with Gasteiger partial charge >= 0.3 is 0 Å². The molecule has 2 heterocycles. The normalized spacial score (nSPS) is 15.9. The number of anilines is 3. The molecule has 0 amide bonds. The molecule has 0 aliphatic heterocycles. The first-order valence-corrected chi connectivity index (χ1v) is 14.4. The lowest BCUT2D eigenvalue weighted by Gasteiger charge is -2.27. The highest BCUT2D eigenvalue weighted by atomic mass is 32.1. The van der Waals surface area contributed by atoms with Crippen molar-refractivity contribution in [3.63, 3.8) is 0 Å². The summed E-state index contributed by atoms with van der Waals surface area (Å²) in [5.74, 6) is -3.14. The highest BCUT2D eigenvalue weighted by molar-refractivity contribution is 7.16. The first kappa shape index (κ1) is 26.2. The van der Waals surface area contributed by atoms with Crippen molar-refractivity contribution in [1.29, 1.82) is 0 Å². The van der Waals surface area contributed by atoms with Gasteiger partial charge in [0.25, 0.3) is 0 Å². The van der Waals surface area contributed by atoms with Crippen LogP contribution in [0.1, 0.15) is 57.0 Å². The SMILES string of the molecule is CC1(C)c2cc(N(c3ccccc3)c3ccccc3)cnc2-c2sc(/C=C3\CC(=O)c4cc(F)c(F)cc4C3=O)cc21. The molecule has 0 saturated carbocycles. The molecule has 5 aromatic rings. The zero-order chi connectivity index (χ0) is 29.2. The summed E-state index contributed by atoms with van der Waals surface area (Å²) in [5.41, 5.74) is 5.83. The van der Waals surface area contributed by atoms with Crippen molar-refractivity contribution >= 4 is 46.0 Å². The number of para-hydroxylation sites is 2. The van der Waals surface area contributed by atoms with Gasteiger partial charge in [-0.3, -0.25) is 14.6 Å². The molecule has 42 heavy (non-hydrogen) atoms. The van der Waals surface area contributed by atoms with Crippen LogP contribution in [-0.2, 0) is 5.41 Å². The number of ketones is 2. The Morgan fingerprint density at radius 3 is 2.07 bits per heavy atom. The summed E-state index contributed by atoms with van der Waals surface area (Å²) in [4.78, 5) is 34.8. The van der Waals surface area contributed by atoms with Gasteiger partial charge in [0.1, 0.15) is 0 Å². The van der Waals surface area contributed by atoms with E-state index in [0.29, 0.717) is 0 Å². The zero-order valence-corrected chi connectivity index (χ0v) is 23.6. The molecule has 0 saturated heterocycles. The van der Waals surface area contributed by atoms with Gasteiger partial charge in [-0.1, -0.05) is 50.2 Å². The van der Waals surface area contributed by atoms with E-state index >= 15 is 0 Å². The number of carbonyl (C=O) groups is 2. The van der Waals surface area contributed by atoms with Crippen molar-refractivity contribution in [2.45, 2.75) is 25.7 Å². The van der Waals surface area contributed by atoms with Gasteiger partial charge in [-0.25, -0.2) is 8.78 Å². The molecule has 0 fully saturated rings. The fourth-order valence-electron chi connectivity index (χ4n) is 5.88. The second-order valence-corrected chi connectivity index (χ2v) is 12.1. The first-order chi connectivity index (χ1) is 20.2. The van der Waals surface area contributed by atoms with Gasteiger partial charge in [-0.2, -0.15) is 0 Å². The Morgan fingerprint density at radius 2 is 1.43 bits per heavy atom. The predicted octanol–water partition coefficient (Wildman–Crippen LogP) is 9.05. The van der Waals surface area contributed by atoms with Crippen LogP contribution in [0.5, 0.6) is 0 Å². The Labute approximate surface area is 245 Å². The Bertz CT molecular complexity index is 1910. The summed E-state index contributed by atoms with van der Waals surface area (Å²) in [6.07, 6.45) is 3.43. The summed E-state index contributed by atoms with van der Waals surface area (Å²) in [6.45, 7) is 4.32. The third kappa shape index (κ3) is 4.11. The van der Waals surface area contributed by atoms with Crippen molar-refractivity contribution in [2.24, 2.45) is 0 Å². The molecule has 2 aromatic heterocycles. The van der Waals surface area contributed by atoms with Crippen LogP contribution in [0, 0.1) is 11.6 Å². The van der Waals surface area contributed by atoms with E-state index in [1.807, 2.05) is 48.7 Å². The lowest BCUT2D eigenvalue weighted by atomic mass is 9.83. The maximum Gasteiger partial charge on any atom is 0.190 e. The number of allylic oxidation sites excluding steroid dienone is 1. The fraction of sp³-hybridized carbons (Fsp3) is 0.114. The summed E-state index contributed by atoms with van der Waals surface area (Å²) in [6, 6.07) is 26.2. The van der Waals surface area contributed by atoms with Crippen LogP contribution in [0.3, 0.4) is 0 Å². The van der Waals surface area contributed by atoms with Gasteiger partial charge < -0.3 is 4.90 Å². The predicted molar refractivity (Wildman–Crippen MR) is 162 cm³/mol. The van der Waals surface area contributed by atoms with Gasteiger partial charge in [0.15, 0.2) is 23.2 Å². The topological polar surface area (TPSA) is 50.3 Å². The van der Waals surface area contributed by atoms with Gasteiger partial charge in [0, 0.05) is 44.8 Å². The van der Waals surface area contributed by atoms with Crippen LogP contribution >= 0.6 is 11.3 Å². The zero-order valence-electron chi connectivity index (χ0n) is 22.8. The fourth-order valence-corrected chi connectivity index (χ4v) is 7.17. The van der Waals surface area contributed by atoms with Gasteiger partial charge in [0.05, 0.1) is 22.5 Å². The molecule has 0 N–H and O–H groups in total. The Hall–Kier alpha value is -4.75. The van der Waals surface area contributed by atoms with E-state index in [1.165, 1.54) is 11.3 Å². The Balaban J connectivity index is 1.28. The molecule has 7 heteroatoms. The van der Waals surface area contributed by atoms with E-state index in [9.17, 15) is 18.4 Å². The van der Waals surface area contributed by atoms with Crippen molar-refractivity contribution in [3.8, 4) is 10.6 Å². The molecule has 206 valence electrons. The Morgan fingerprint density at radius 1 is 0.810 bits per heavy atom. The lowest BCUT2D eigenvalue weighted by Crippen LogP contribution is -2.20. The molecule has 0 unspecified atom stereocenters. The van der Waals surface area contributed by atoms with E-state index < -0.39 is 23.2 Å². The number of nitrogens with zero attached hydrogens (tertiary/aromatic N) is 2. The van der Waals surface area contributed by atoms with Crippen LogP contribution in [-0.4, -0.2) is 16.6 Å². The van der Waals surface area contributed by atoms with Crippen LogP contribution in [0.15, 0.2) is 96.7 Å². The largest absolute Gasteiger partial charge is 0.309 e. The summed E-state index contributed by atoms with van der Waals surface area (Å²) in [7, 11) is 0. The van der Waals surface area contributed by atoms with Crippen LogP contribution in [0.25, 0.3) is 16.6 Å². The number of benzene rings is 3. The number of rotatable bonds is 4. The third-order valence-corrected chi connectivity index (χ3v) is 9.13. The van der Waals surface area contributed by atoms with E-state index in [2.05, 4.69) is 49.1 Å². The number of carbonyl (C=O) groups excluding carboxylic acids is 2. The summed E-state index contributed by atoms with van der Waals surface area (Å²) < 4.78 is 27.6. The molecule has 2 aliphatic carbocycles. The van der Waals surface area contributed by atoms with Crippen molar-refractivity contribution in [2.75, 3.05) is 4.90 Å². The van der Waals surface area contributed by atoms with Crippen molar-refractivity contribution in [1.82, 2.24) is 4.98 Å². The average molecular weight is 575 g/mol. The Kier molecular flexibility index (Phi) is 6.02. The number of hydrogen-bond acceptors (Lipinski definition) is 5. The standard InChI is InChI=1S/C35H24F2N2O2S/c1-35(2)27-15-23(39(21-9-5-3-6-10-21)22-11-7-4-8-12-22)19-38-32(27)34-28(35)16-24(42-34)13-20-14-31(40)25-17-29(36)30(37)18-26(25)33(20)41/h3-13,15-19H,14H2,1-2H3/b20-13+. The van der Waals surface area contributed by atoms with Crippen molar-refractivity contribution in [3.05, 3.63) is 135 Å². The molecule has 0 atom stereocenters. The number of hydrogen-bond donors (Lipinski definition) is 0. The number of thiophene rings is 1. The number of aromatic nitrogens is 1. The summed E-state index contributed by atoms with van der Waals surface area (Å²) >= 11 is 1.51. The second-order valence-electron chi connectivity index (χ2n) is 11.0. The highest BCUT2D eigenvalue weighted by Gasteiger charge is 2.39. The second kappa shape index (κ2) is 9.67. The third-order valence-electron chi connectivity index (χ3n) is 8.04. The summed E-state index contributed by atoms with van der Waals surface area (Å²) in [5, 5.41) is 0. The van der Waals surface area contributed by atoms with Crippen LogP contribution in [0.4, 0.5) is 25.8 Å². The monoisotopic (exact) mass is 574 g/mol. The minimum Gasteiger partial charge on any atom is -0.309 e. The molecule has 3 aromatic carbocycles. The van der Waals surface area contributed by atoms with E-state index in [0.717, 1.165) is 55.8 Å². The van der Waals surface area contributed by atoms with E-state index in [1.54, 1.807) is 6.08 Å². The average Bonchev–Trinajstić information content (AvgIpc) is 3.50. The molecule has 2 aliphatic rings. The molecule has 7 rings (SSSR count). The maximum atomic E-state index is 13.9. The van der Waals surface area contributed by atoms with Crippen LogP contribution < -0.4 is 4.90 Å². The molecule has 0 radical (unpaired) electrons.